The lowest BCUT2D eigenvalue weighted by Crippen LogP contribution is -2.45. The zero-order chi connectivity index (χ0) is 52.2. The first kappa shape index (κ1) is 70.1. The maximum absolute atomic E-state index is 12.4. The Morgan fingerprint density at radius 3 is 1.08 bits per heavy atom. The van der Waals surface area contributed by atoms with Gasteiger partial charge in [0, 0.05) is 12.8 Å². The molecule has 0 aliphatic carbocycles. The van der Waals surface area contributed by atoms with Crippen LogP contribution in [0.25, 0.3) is 0 Å². The zero-order valence-corrected chi connectivity index (χ0v) is 48.4. The minimum atomic E-state index is -0.661. The van der Waals surface area contributed by atoms with E-state index in [9.17, 15) is 19.8 Å². The van der Waals surface area contributed by atoms with Crippen LogP contribution >= 0.6 is 0 Å². The summed E-state index contributed by atoms with van der Waals surface area (Å²) in [6, 6.07) is -0.538. The van der Waals surface area contributed by atoms with Gasteiger partial charge >= 0.3 is 5.97 Å². The van der Waals surface area contributed by atoms with Crippen molar-refractivity contribution in [3.63, 3.8) is 0 Å². The minimum absolute atomic E-state index is 0.00356. The van der Waals surface area contributed by atoms with E-state index in [0.29, 0.717) is 25.9 Å². The molecule has 2 unspecified atom stereocenters. The molecular formula is C66H125NO5. The normalized spacial score (nSPS) is 12.8. The molecule has 0 saturated heterocycles. The van der Waals surface area contributed by atoms with Gasteiger partial charge in [0.25, 0.3) is 0 Å². The van der Waals surface area contributed by atoms with Crippen LogP contribution in [0.1, 0.15) is 348 Å². The molecule has 0 heterocycles. The van der Waals surface area contributed by atoms with Crippen molar-refractivity contribution in [3.8, 4) is 0 Å². The number of amides is 1. The quantitative estimate of drug-likeness (QED) is 0.0320. The number of aliphatic hydroxyl groups is 2. The number of aliphatic hydroxyl groups excluding tert-OH is 2. The molecule has 0 bridgehead atoms. The molecule has 3 N–H and O–H groups in total. The van der Waals surface area contributed by atoms with E-state index in [4.69, 9.17) is 4.74 Å². The molecule has 0 aromatic rings. The van der Waals surface area contributed by atoms with Gasteiger partial charge < -0.3 is 20.3 Å². The Morgan fingerprint density at radius 2 is 0.694 bits per heavy atom. The second kappa shape index (κ2) is 61.6. The van der Waals surface area contributed by atoms with Crippen LogP contribution in [0.3, 0.4) is 0 Å². The van der Waals surface area contributed by atoms with Gasteiger partial charge in [0.1, 0.15) is 0 Å². The minimum Gasteiger partial charge on any atom is -0.466 e. The lowest BCUT2D eigenvalue weighted by atomic mass is 10.0. The number of hydrogen-bond acceptors (Lipinski definition) is 5. The van der Waals surface area contributed by atoms with Crippen LogP contribution in [0.5, 0.6) is 0 Å². The van der Waals surface area contributed by atoms with Crippen LogP contribution in [0, 0.1) is 0 Å². The summed E-state index contributed by atoms with van der Waals surface area (Å²) < 4.78 is 5.49. The summed E-state index contributed by atoms with van der Waals surface area (Å²) in [6.45, 7) is 4.92. The van der Waals surface area contributed by atoms with Gasteiger partial charge in [-0.15, -0.1) is 0 Å². The molecule has 0 fully saturated rings. The molecule has 6 heteroatoms. The van der Waals surface area contributed by atoms with Crippen molar-refractivity contribution in [1.82, 2.24) is 5.32 Å². The number of unbranched alkanes of at least 4 members (excludes halogenated alkanes) is 43. The van der Waals surface area contributed by atoms with Gasteiger partial charge in [-0.2, -0.15) is 0 Å². The fourth-order valence-corrected chi connectivity index (χ4v) is 9.96. The maximum atomic E-state index is 12.4. The molecule has 1 amide bonds. The highest BCUT2D eigenvalue weighted by atomic mass is 16.5. The van der Waals surface area contributed by atoms with Crippen LogP contribution in [0.15, 0.2) is 36.5 Å². The number of hydrogen-bond donors (Lipinski definition) is 3. The topological polar surface area (TPSA) is 95.9 Å². The van der Waals surface area contributed by atoms with E-state index in [-0.39, 0.29) is 18.5 Å². The SMILES string of the molecule is CCCCCC/C=C\C/C=C\CCCCCCCC(=O)OCCCCCCCCCCCCCC/C=C\CCCCCCCCCCCCCCCCC(=O)NC(CO)C(O)CCCCCCCCCCC. The highest BCUT2D eigenvalue weighted by Gasteiger charge is 2.20. The Labute approximate surface area is 449 Å². The third-order valence-corrected chi connectivity index (χ3v) is 14.9. The van der Waals surface area contributed by atoms with Crippen LogP contribution in [-0.2, 0) is 14.3 Å². The molecule has 0 rings (SSSR count). The van der Waals surface area contributed by atoms with Crippen molar-refractivity contribution in [2.45, 2.75) is 360 Å². The van der Waals surface area contributed by atoms with Crippen molar-refractivity contribution >= 4 is 11.9 Å². The van der Waals surface area contributed by atoms with E-state index in [1.807, 2.05) is 0 Å². The van der Waals surface area contributed by atoms with E-state index in [1.165, 1.54) is 263 Å². The van der Waals surface area contributed by atoms with E-state index in [2.05, 4.69) is 55.6 Å². The molecule has 0 aromatic heterocycles. The Hall–Kier alpha value is -1.92. The number of carbonyl (C=O) groups is 2. The summed E-state index contributed by atoms with van der Waals surface area (Å²) in [7, 11) is 0. The second-order valence-electron chi connectivity index (χ2n) is 22.1. The van der Waals surface area contributed by atoms with Crippen LogP contribution in [-0.4, -0.2) is 47.4 Å². The number of rotatable bonds is 60. The van der Waals surface area contributed by atoms with E-state index < -0.39 is 12.1 Å². The summed E-state index contributed by atoms with van der Waals surface area (Å²) in [4.78, 5) is 24.5. The van der Waals surface area contributed by atoms with Crippen LogP contribution < -0.4 is 5.32 Å². The molecular weight excluding hydrogens is 887 g/mol. The Balaban J connectivity index is 3.34. The highest BCUT2D eigenvalue weighted by Crippen LogP contribution is 2.17. The van der Waals surface area contributed by atoms with E-state index in [1.54, 1.807) is 0 Å². The standard InChI is InChI=1S/C66H125NO5/c1-3-5-7-9-11-13-14-15-16-34-37-40-44-48-52-56-60-66(71)72-61-57-53-49-45-41-38-35-32-30-28-26-24-22-20-18-17-19-21-23-25-27-29-31-33-36-39-43-47-51-55-59-65(70)67-63(62-68)64(69)58-54-50-46-42-12-10-8-6-4-2/h13-14,16,18,20,34,63-64,68-69H,3-12,15,17,19,21-33,35-62H2,1-2H3,(H,67,70)/b14-13-,20-18-,34-16-. The molecule has 0 aliphatic rings. The fraction of sp³-hybridized carbons (Fsp3) is 0.879. The predicted octanol–water partition coefficient (Wildman–Crippen LogP) is 20.4. The monoisotopic (exact) mass is 1010 g/mol. The van der Waals surface area contributed by atoms with Gasteiger partial charge in [-0.3, -0.25) is 9.59 Å². The van der Waals surface area contributed by atoms with Crippen molar-refractivity contribution in [2.24, 2.45) is 0 Å². The molecule has 6 nitrogen and oxygen atoms in total. The fourth-order valence-electron chi connectivity index (χ4n) is 9.96. The number of ether oxygens (including phenoxy) is 1. The Bertz CT molecular complexity index is 1170. The van der Waals surface area contributed by atoms with Crippen molar-refractivity contribution in [3.05, 3.63) is 36.5 Å². The van der Waals surface area contributed by atoms with Crippen molar-refractivity contribution in [1.29, 1.82) is 0 Å². The van der Waals surface area contributed by atoms with Gasteiger partial charge in [-0.25, -0.2) is 0 Å². The lowest BCUT2D eigenvalue weighted by Gasteiger charge is -2.22. The van der Waals surface area contributed by atoms with E-state index in [0.717, 1.165) is 51.4 Å². The van der Waals surface area contributed by atoms with Gasteiger partial charge in [-0.1, -0.05) is 288 Å². The summed E-state index contributed by atoms with van der Waals surface area (Å²) in [5, 5.41) is 23.1. The van der Waals surface area contributed by atoms with Gasteiger partial charge in [0.15, 0.2) is 0 Å². The molecule has 0 aromatic carbocycles. The van der Waals surface area contributed by atoms with Crippen molar-refractivity contribution < 1.29 is 24.5 Å². The smallest absolute Gasteiger partial charge is 0.305 e. The second-order valence-corrected chi connectivity index (χ2v) is 22.1. The predicted molar refractivity (Wildman–Crippen MR) is 315 cm³/mol. The summed E-state index contributed by atoms with van der Waals surface area (Å²) in [5.74, 6) is -0.0316. The van der Waals surface area contributed by atoms with Gasteiger partial charge in [0.2, 0.25) is 5.91 Å². The molecule has 72 heavy (non-hydrogen) atoms. The maximum Gasteiger partial charge on any atom is 0.305 e. The highest BCUT2D eigenvalue weighted by molar-refractivity contribution is 5.76. The Kier molecular flexibility index (Phi) is 60.0. The molecule has 0 spiro atoms. The van der Waals surface area contributed by atoms with Crippen LogP contribution in [0.2, 0.25) is 0 Å². The zero-order valence-electron chi connectivity index (χ0n) is 48.4. The molecule has 424 valence electrons. The number of nitrogens with one attached hydrogen (secondary N) is 1. The first-order valence-corrected chi connectivity index (χ1v) is 32.2. The first-order chi connectivity index (χ1) is 35.5. The summed E-state index contributed by atoms with van der Waals surface area (Å²) in [6.07, 6.45) is 77.6. The third kappa shape index (κ3) is 57.4. The van der Waals surface area contributed by atoms with Crippen LogP contribution in [0.4, 0.5) is 0 Å². The van der Waals surface area contributed by atoms with Gasteiger partial charge in [0.05, 0.1) is 25.4 Å². The van der Waals surface area contributed by atoms with Crippen molar-refractivity contribution in [2.75, 3.05) is 13.2 Å². The number of carbonyl (C=O) groups excluding carboxylic acids is 2. The Morgan fingerprint density at radius 1 is 0.389 bits per heavy atom. The first-order valence-electron chi connectivity index (χ1n) is 32.2. The number of allylic oxidation sites excluding steroid dienone is 6. The molecule has 2 atom stereocenters. The van der Waals surface area contributed by atoms with E-state index >= 15 is 0 Å². The third-order valence-electron chi connectivity index (χ3n) is 14.9. The molecule has 0 aliphatic heterocycles. The largest absolute Gasteiger partial charge is 0.466 e. The lowest BCUT2D eigenvalue weighted by molar-refractivity contribution is -0.143. The number of esters is 1. The average molecular weight is 1010 g/mol. The summed E-state index contributed by atoms with van der Waals surface area (Å²) >= 11 is 0. The summed E-state index contributed by atoms with van der Waals surface area (Å²) in [5.41, 5.74) is 0. The van der Waals surface area contributed by atoms with Gasteiger partial charge in [-0.05, 0) is 83.5 Å². The molecule has 0 radical (unpaired) electrons. The molecule has 0 saturated carbocycles. The average Bonchev–Trinajstić information content (AvgIpc) is 3.38.